The molecule has 0 radical (unpaired) electrons. The van der Waals surface area contributed by atoms with Crippen molar-refractivity contribution >= 4 is 11.9 Å². The maximum atomic E-state index is 4.56. The van der Waals surface area contributed by atoms with Crippen LogP contribution in [0.4, 0.5) is 0 Å². The van der Waals surface area contributed by atoms with Gasteiger partial charge >= 0.3 is 0 Å². The van der Waals surface area contributed by atoms with E-state index in [0.29, 0.717) is 5.71 Å². The van der Waals surface area contributed by atoms with Crippen molar-refractivity contribution in [2.75, 3.05) is 7.11 Å². The number of nitrogens with zero attached hydrogens (tertiary/aromatic N) is 2. The molecule has 1 rings (SSSR count). The van der Waals surface area contributed by atoms with Crippen LogP contribution >= 0.6 is 0 Å². The van der Waals surface area contributed by atoms with Crippen LogP contribution < -0.4 is 5.59 Å². The van der Waals surface area contributed by atoms with Crippen LogP contribution in [-0.2, 0) is 9.68 Å². The molecule has 0 amide bonds. The zero-order chi connectivity index (χ0) is 7.23. The summed E-state index contributed by atoms with van der Waals surface area (Å²) in [5, 5.41) is 7.19. The van der Waals surface area contributed by atoms with E-state index in [4.69, 9.17) is 0 Å². The Morgan fingerprint density at radius 3 is 3.40 bits per heavy atom. The van der Waals surface area contributed by atoms with Crippen molar-refractivity contribution < 1.29 is 9.68 Å². The van der Waals surface area contributed by atoms with Gasteiger partial charge in [-0.25, -0.2) is 0 Å². The lowest BCUT2D eigenvalue weighted by Crippen LogP contribution is -2.12. The van der Waals surface area contributed by atoms with Gasteiger partial charge in [-0.1, -0.05) is 5.16 Å². The van der Waals surface area contributed by atoms with Gasteiger partial charge in [-0.2, -0.15) is 0 Å². The molecule has 0 unspecified atom stereocenters. The topological polar surface area (TPSA) is 55.2 Å². The first-order valence-corrected chi connectivity index (χ1v) is 2.65. The van der Waals surface area contributed by atoms with E-state index in [-0.39, 0.29) is 0 Å². The van der Waals surface area contributed by atoms with Gasteiger partial charge in [0.25, 0.3) is 0 Å². The SMILES string of the molecule is CO/N=C/C1=NNOC=C1. The van der Waals surface area contributed by atoms with Crippen LogP contribution in [0.1, 0.15) is 0 Å². The molecular formula is C5H7N3O2. The van der Waals surface area contributed by atoms with Crippen LogP contribution in [-0.4, -0.2) is 19.0 Å². The minimum absolute atomic E-state index is 0.646. The first-order chi connectivity index (χ1) is 4.93. The molecule has 1 aliphatic rings. The second-order valence-corrected chi connectivity index (χ2v) is 1.47. The Morgan fingerprint density at radius 1 is 1.90 bits per heavy atom. The third-order valence-electron chi connectivity index (χ3n) is 0.825. The van der Waals surface area contributed by atoms with Crippen molar-refractivity contribution in [3.8, 4) is 0 Å². The molecule has 5 nitrogen and oxygen atoms in total. The Balaban J connectivity index is 2.47. The van der Waals surface area contributed by atoms with Crippen molar-refractivity contribution in [2.24, 2.45) is 10.3 Å². The zero-order valence-corrected chi connectivity index (χ0v) is 5.44. The molecular weight excluding hydrogens is 134 g/mol. The molecule has 1 N–H and O–H groups in total. The van der Waals surface area contributed by atoms with Crippen LogP contribution in [0.2, 0.25) is 0 Å². The van der Waals surface area contributed by atoms with Crippen LogP contribution in [0.3, 0.4) is 0 Å². The molecule has 0 spiro atoms. The smallest absolute Gasteiger partial charge is 0.123 e. The molecule has 1 aliphatic heterocycles. The fraction of sp³-hybridized carbons (Fsp3) is 0.200. The Hall–Kier alpha value is -1.52. The highest BCUT2D eigenvalue weighted by Gasteiger charge is 1.93. The van der Waals surface area contributed by atoms with Gasteiger partial charge in [0.15, 0.2) is 0 Å². The van der Waals surface area contributed by atoms with E-state index in [1.54, 1.807) is 6.08 Å². The van der Waals surface area contributed by atoms with Crippen molar-refractivity contribution in [1.82, 2.24) is 5.59 Å². The molecule has 5 heteroatoms. The predicted molar refractivity (Wildman–Crippen MR) is 36.3 cm³/mol. The van der Waals surface area contributed by atoms with Crippen molar-refractivity contribution in [3.05, 3.63) is 12.3 Å². The van der Waals surface area contributed by atoms with Crippen molar-refractivity contribution in [1.29, 1.82) is 0 Å². The molecule has 0 fully saturated rings. The highest BCUT2D eigenvalue weighted by molar-refractivity contribution is 6.35. The molecule has 0 saturated carbocycles. The fourth-order valence-corrected chi connectivity index (χ4v) is 0.429. The quantitative estimate of drug-likeness (QED) is 0.435. The summed E-state index contributed by atoms with van der Waals surface area (Å²) in [5.74, 6) is 0. The van der Waals surface area contributed by atoms with Gasteiger partial charge in [-0.05, 0) is 0 Å². The van der Waals surface area contributed by atoms with Crippen LogP contribution in [0.25, 0.3) is 0 Å². The monoisotopic (exact) mass is 141 g/mol. The molecule has 0 aliphatic carbocycles. The fourth-order valence-electron chi connectivity index (χ4n) is 0.429. The largest absolute Gasteiger partial charge is 0.399 e. The maximum Gasteiger partial charge on any atom is 0.123 e. The Morgan fingerprint density at radius 2 is 2.80 bits per heavy atom. The summed E-state index contributed by atoms with van der Waals surface area (Å²) >= 11 is 0. The van der Waals surface area contributed by atoms with Gasteiger partial charge in [-0.15, -0.1) is 10.7 Å². The average molecular weight is 141 g/mol. The normalized spacial score (nSPS) is 15.9. The second kappa shape index (κ2) is 3.49. The lowest BCUT2D eigenvalue weighted by Gasteiger charge is -2.02. The second-order valence-electron chi connectivity index (χ2n) is 1.47. The third kappa shape index (κ3) is 1.77. The van der Waals surface area contributed by atoms with Crippen LogP contribution in [0.5, 0.6) is 0 Å². The minimum atomic E-state index is 0.646. The lowest BCUT2D eigenvalue weighted by atomic mass is 10.4. The van der Waals surface area contributed by atoms with Crippen LogP contribution in [0.15, 0.2) is 22.6 Å². The first kappa shape index (κ1) is 6.60. The predicted octanol–water partition coefficient (Wildman–Crippen LogP) is 0.0231. The molecule has 54 valence electrons. The van der Waals surface area contributed by atoms with E-state index in [9.17, 15) is 0 Å². The Bertz CT molecular complexity index is 185. The minimum Gasteiger partial charge on any atom is -0.399 e. The van der Waals surface area contributed by atoms with Gasteiger partial charge in [-0.3, -0.25) is 0 Å². The van der Waals surface area contributed by atoms with E-state index in [2.05, 4.69) is 25.5 Å². The zero-order valence-electron chi connectivity index (χ0n) is 5.44. The summed E-state index contributed by atoms with van der Waals surface area (Å²) in [6, 6.07) is 0. The summed E-state index contributed by atoms with van der Waals surface area (Å²) in [7, 11) is 1.47. The van der Waals surface area contributed by atoms with Gasteiger partial charge < -0.3 is 9.68 Å². The van der Waals surface area contributed by atoms with E-state index in [1.165, 1.54) is 19.6 Å². The van der Waals surface area contributed by atoms with Crippen molar-refractivity contribution in [3.63, 3.8) is 0 Å². The van der Waals surface area contributed by atoms with Crippen molar-refractivity contribution in [2.45, 2.75) is 0 Å². The number of hydrazone groups is 1. The molecule has 0 atom stereocenters. The van der Waals surface area contributed by atoms with E-state index in [1.807, 2.05) is 0 Å². The summed E-state index contributed by atoms with van der Waals surface area (Å²) < 4.78 is 0. The number of oxime groups is 1. The number of hydrogen-bond donors (Lipinski definition) is 1. The van der Waals surface area contributed by atoms with E-state index in [0.717, 1.165) is 0 Å². The molecule has 0 saturated heterocycles. The first-order valence-electron chi connectivity index (χ1n) is 2.65. The summed E-state index contributed by atoms with van der Waals surface area (Å²) in [4.78, 5) is 8.99. The Kier molecular flexibility index (Phi) is 2.31. The molecule has 0 bridgehead atoms. The van der Waals surface area contributed by atoms with E-state index < -0.39 is 0 Å². The molecule has 0 aromatic heterocycles. The number of allylic oxidation sites excluding steroid dienone is 1. The van der Waals surface area contributed by atoms with Gasteiger partial charge in [0.2, 0.25) is 0 Å². The summed E-state index contributed by atoms with van der Waals surface area (Å²) in [5.41, 5.74) is 2.94. The number of nitrogens with one attached hydrogen (secondary N) is 1. The summed E-state index contributed by atoms with van der Waals surface area (Å²) in [6.07, 6.45) is 4.58. The number of hydrogen-bond acceptors (Lipinski definition) is 5. The molecule has 0 aromatic rings. The Labute approximate surface area is 57.9 Å². The highest BCUT2D eigenvalue weighted by Crippen LogP contribution is 1.85. The number of rotatable bonds is 2. The van der Waals surface area contributed by atoms with E-state index >= 15 is 0 Å². The third-order valence-corrected chi connectivity index (χ3v) is 0.825. The van der Waals surface area contributed by atoms with Gasteiger partial charge in [0, 0.05) is 6.08 Å². The van der Waals surface area contributed by atoms with Crippen LogP contribution in [0, 0.1) is 0 Å². The molecule has 10 heavy (non-hydrogen) atoms. The maximum absolute atomic E-state index is 4.56. The average Bonchev–Trinajstić information content (AvgIpc) is 2.03. The van der Waals surface area contributed by atoms with Gasteiger partial charge in [0.1, 0.15) is 19.1 Å². The summed E-state index contributed by atoms with van der Waals surface area (Å²) in [6.45, 7) is 0. The highest BCUT2D eigenvalue weighted by atomic mass is 16.7. The molecule has 1 heterocycles. The van der Waals surface area contributed by atoms with Gasteiger partial charge in [0.05, 0.1) is 6.21 Å². The lowest BCUT2D eigenvalue weighted by molar-refractivity contribution is 0.135. The standard InChI is InChI=1S/C5H7N3O2/c1-9-6-4-5-2-3-10-8-7-5/h2-4,8H,1H3/b6-4+. The molecule has 0 aromatic carbocycles.